The van der Waals surface area contributed by atoms with Crippen LogP contribution in [0.2, 0.25) is 0 Å². The molecule has 0 fully saturated rings. The van der Waals surface area contributed by atoms with Crippen molar-refractivity contribution >= 4 is 130 Å². The fraction of sp³-hybridized carbons (Fsp3) is 0.0154. The predicted molar refractivity (Wildman–Crippen MR) is 301 cm³/mol. The number of furan rings is 2. The van der Waals surface area contributed by atoms with Crippen molar-refractivity contribution in [3.05, 3.63) is 235 Å². The van der Waals surface area contributed by atoms with Gasteiger partial charge in [0, 0.05) is 69.2 Å². The van der Waals surface area contributed by atoms with Crippen LogP contribution < -0.4 is 5.32 Å². The second kappa shape index (κ2) is 15.1. The Kier molecular flexibility index (Phi) is 8.29. The molecule has 72 heavy (non-hydrogen) atoms. The Bertz CT molecular complexity index is 4780. The molecule has 5 heterocycles. The van der Waals surface area contributed by atoms with E-state index in [9.17, 15) is 0 Å². The van der Waals surface area contributed by atoms with Gasteiger partial charge < -0.3 is 18.7 Å². The first-order chi connectivity index (χ1) is 35.6. The number of aromatic nitrogens is 1. The van der Waals surface area contributed by atoms with Crippen molar-refractivity contribution in [3.8, 4) is 16.8 Å². The highest BCUT2D eigenvalue weighted by Gasteiger charge is 2.27. The lowest BCUT2D eigenvalue weighted by molar-refractivity contribution is 0.667. The second-order valence-corrected chi connectivity index (χ2v) is 20.0. The molecule has 7 heteroatoms. The van der Waals surface area contributed by atoms with E-state index < -0.39 is 6.17 Å². The number of nitrogens with one attached hydrogen (secondary N) is 1. The molecule has 0 radical (unpaired) electrons. The molecule has 4 aromatic heterocycles. The number of hydrogen-bond acceptors (Lipinski definition) is 6. The van der Waals surface area contributed by atoms with Gasteiger partial charge in [-0.15, -0.1) is 11.3 Å². The number of para-hydroxylation sites is 2. The fourth-order valence-corrected chi connectivity index (χ4v) is 12.6. The Balaban J connectivity index is 0.964. The van der Waals surface area contributed by atoms with Crippen LogP contribution in [0.5, 0.6) is 0 Å². The van der Waals surface area contributed by atoms with E-state index >= 15 is 0 Å². The van der Waals surface area contributed by atoms with Crippen molar-refractivity contribution in [1.29, 1.82) is 0 Å². The summed E-state index contributed by atoms with van der Waals surface area (Å²) in [5.41, 5.74) is 11.7. The molecular weight excluding hydrogens is 901 g/mol. The summed E-state index contributed by atoms with van der Waals surface area (Å²) < 4.78 is 17.9. The average Bonchev–Trinajstić information content (AvgIpc) is 4.20. The largest absolute Gasteiger partial charge is 0.456 e. The second-order valence-electron chi connectivity index (χ2n) is 18.9. The minimum atomic E-state index is -0.527. The zero-order chi connectivity index (χ0) is 47.0. The summed E-state index contributed by atoms with van der Waals surface area (Å²) in [5, 5.41) is 17.7. The van der Waals surface area contributed by atoms with Crippen LogP contribution >= 0.6 is 11.3 Å². The summed E-state index contributed by atoms with van der Waals surface area (Å²) in [6.45, 7) is 0. The highest BCUT2D eigenvalue weighted by molar-refractivity contribution is 7.25. The van der Waals surface area contributed by atoms with Crippen molar-refractivity contribution < 1.29 is 8.83 Å². The summed E-state index contributed by atoms with van der Waals surface area (Å²) in [5.74, 6) is 1.33. The molecule has 0 aliphatic carbocycles. The number of amidine groups is 2. The van der Waals surface area contributed by atoms with Crippen LogP contribution in [0.25, 0.3) is 124 Å². The molecule has 1 N–H and O–H groups in total. The van der Waals surface area contributed by atoms with Crippen LogP contribution in [0.15, 0.2) is 237 Å². The third-order valence-electron chi connectivity index (χ3n) is 14.8. The number of thiophene rings is 1. The predicted octanol–water partition coefficient (Wildman–Crippen LogP) is 17.4. The molecule has 0 amide bonds. The summed E-state index contributed by atoms with van der Waals surface area (Å²) in [4.78, 5) is 11.0. The Morgan fingerprint density at radius 1 is 0.417 bits per heavy atom. The first-order valence-electron chi connectivity index (χ1n) is 24.3. The number of fused-ring (bicyclic) bond motifs is 14. The first kappa shape index (κ1) is 39.5. The smallest absolute Gasteiger partial charge is 0.160 e. The van der Waals surface area contributed by atoms with E-state index in [2.05, 4.69) is 180 Å². The van der Waals surface area contributed by atoms with E-state index in [0.717, 1.165) is 88.4 Å². The monoisotopic (exact) mass is 938 g/mol. The van der Waals surface area contributed by atoms with Crippen LogP contribution in [-0.2, 0) is 0 Å². The van der Waals surface area contributed by atoms with Gasteiger partial charge in [0.2, 0.25) is 0 Å². The van der Waals surface area contributed by atoms with Crippen LogP contribution in [-0.4, -0.2) is 16.2 Å². The van der Waals surface area contributed by atoms with E-state index in [0.29, 0.717) is 11.7 Å². The van der Waals surface area contributed by atoms with Crippen LogP contribution in [0.3, 0.4) is 0 Å². The zero-order valence-electron chi connectivity index (χ0n) is 38.4. The third kappa shape index (κ3) is 5.89. The van der Waals surface area contributed by atoms with Gasteiger partial charge in [0.05, 0.1) is 16.7 Å². The fourth-order valence-electron chi connectivity index (χ4n) is 11.5. The van der Waals surface area contributed by atoms with Crippen LogP contribution in [0.1, 0.15) is 22.9 Å². The molecule has 0 saturated heterocycles. The van der Waals surface area contributed by atoms with E-state index in [1.807, 2.05) is 59.9 Å². The molecule has 1 aliphatic heterocycles. The van der Waals surface area contributed by atoms with Gasteiger partial charge >= 0.3 is 0 Å². The maximum atomic E-state index is 6.45. The van der Waals surface area contributed by atoms with Gasteiger partial charge in [0.1, 0.15) is 34.3 Å². The highest BCUT2D eigenvalue weighted by atomic mass is 32.1. The number of rotatable bonds is 5. The van der Waals surface area contributed by atoms with Crippen molar-refractivity contribution in [3.63, 3.8) is 0 Å². The Morgan fingerprint density at radius 3 is 1.65 bits per heavy atom. The maximum absolute atomic E-state index is 6.45. The summed E-state index contributed by atoms with van der Waals surface area (Å²) >= 11 is 1.84. The molecule has 0 saturated carbocycles. The van der Waals surface area contributed by atoms with Gasteiger partial charge in [-0.25, -0.2) is 9.98 Å². The summed E-state index contributed by atoms with van der Waals surface area (Å²) in [6, 6.07) is 78.3. The number of aliphatic imine (C=N–C) groups is 2. The van der Waals surface area contributed by atoms with Gasteiger partial charge in [-0.05, 0) is 105 Å². The SMILES string of the molecule is c1ccc2cc3c(cc2c1)c1cc2ccccc2cc1n3-c1ccc(C2N=C(c3cccc4oc5ccccc5c34)N=C(c3cccc4oc5ccccc5c34)N2)cc1-c1ccc2c(c1)sc1ccccc12. The molecule has 6 nitrogen and oxygen atoms in total. The third-order valence-corrected chi connectivity index (χ3v) is 15.9. The molecule has 0 spiro atoms. The van der Waals surface area contributed by atoms with Gasteiger partial charge in [-0.3, -0.25) is 0 Å². The number of benzene rings is 11. The zero-order valence-corrected chi connectivity index (χ0v) is 39.2. The van der Waals surface area contributed by atoms with E-state index in [-0.39, 0.29) is 0 Å². The molecule has 1 aliphatic rings. The molecule has 336 valence electrons. The summed E-state index contributed by atoms with van der Waals surface area (Å²) in [6.07, 6.45) is -0.527. The summed E-state index contributed by atoms with van der Waals surface area (Å²) in [7, 11) is 0. The lowest BCUT2D eigenvalue weighted by Crippen LogP contribution is -2.33. The van der Waals surface area contributed by atoms with Gasteiger partial charge in [0.15, 0.2) is 5.84 Å². The van der Waals surface area contributed by atoms with Crippen molar-refractivity contribution in [2.45, 2.75) is 6.17 Å². The van der Waals surface area contributed by atoms with E-state index in [4.69, 9.17) is 18.8 Å². The quantitative estimate of drug-likeness (QED) is 0.187. The molecule has 16 rings (SSSR count). The average molecular weight is 939 g/mol. The Hall–Kier alpha value is -9.30. The van der Waals surface area contributed by atoms with Gasteiger partial charge in [-0.1, -0.05) is 146 Å². The Morgan fingerprint density at radius 2 is 0.972 bits per heavy atom. The molecule has 11 aromatic carbocycles. The van der Waals surface area contributed by atoms with Gasteiger partial charge in [0.25, 0.3) is 0 Å². The molecular formula is C65H38N4O2S. The molecule has 0 bridgehead atoms. The Labute approximate surface area is 415 Å². The molecule has 15 aromatic rings. The lowest BCUT2D eigenvalue weighted by atomic mass is 9.97. The van der Waals surface area contributed by atoms with Gasteiger partial charge in [-0.2, -0.15) is 0 Å². The van der Waals surface area contributed by atoms with Crippen LogP contribution in [0.4, 0.5) is 0 Å². The van der Waals surface area contributed by atoms with E-state index in [1.54, 1.807) is 0 Å². The maximum Gasteiger partial charge on any atom is 0.160 e. The molecule has 1 atom stereocenters. The number of nitrogens with zero attached hydrogens (tertiary/aromatic N) is 3. The number of hydrogen-bond donors (Lipinski definition) is 1. The van der Waals surface area contributed by atoms with Crippen molar-refractivity contribution in [2.24, 2.45) is 9.98 Å². The van der Waals surface area contributed by atoms with E-state index in [1.165, 1.54) is 52.5 Å². The highest BCUT2D eigenvalue weighted by Crippen LogP contribution is 2.44. The first-order valence-corrected chi connectivity index (χ1v) is 25.1. The minimum Gasteiger partial charge on any atom is -0.456 e. The van der Waals surface area contributed by atoms with Crippen LogP contribution in [0, 0.1) is 0 Å². The van der Waals surface area contributed by atoms with Crippen molar-refractivity contribution in [2.75, 3.05) is 0 Å². The standard InChI is InChI=1S/C65H38N4O2S/c1-3-15-39-34-53-50(31-37(39)13-1)51-32-38-14-2-4-16-40(38)35-54(51)69(53)52-30-28-42(33-49(52)41-27-29-44-43-17-7-10-26-59(43)72-60(44)36-41)63-66-64(47-20-11-24-57-61(47)45-18-5-8-22-55(45)70-57)68-65(67-63)48-21-12-25-58-62(48)46-19-6-9-23-56(46)71-58/h1-36,63H,(H,66,67,68). The topological polar surface area (TPSA) is 68.0 Å². The van der Waals surface area contributed by atoms with Crippen molar-refractivity contribution in [1.82, 2.24) is 9.88 Å². The molecule has 1 unspecified atom stereocenters. The normalized spacial score (nSPS) is 14.2. The minimum absolute atomic E-state index is 0.527. The lowest BCUT2D eigenvalue weighted by Gasteiger charge is -2.25.